The number of ether oxygens (including phenoxy) is 2. The molecule has 0 spiro atoms. The molecule has 0 fully saturated rings. The maximum Gasteiger partial charge on any atom is 0.142 e. The second kappa shape index (κ2) is 9.06. The maximum absolute atomic E-state index is 5.81. The summed E-state index contributed by atoms with van der Waals surface area (Å²) >= 11 is 0. The predicted octanol–water partition coefficient (Wildman–Crippen LogP) is 4.79. The standard InChI is InChI=1S/C20H28N2O2/c1-15(2)23-18-11-9-17(10-12-18)21-13-14-22-19-7-5-6-8-20(19)24-16(3)4/h5-12,15-16,21-22H,13-14H2,1-4H3. The highest BCUT2D eigenvalue weighted by atomic mass is 16.5. The van der Waals surface area contributed by atoms with Crippen molar-refractivity contribution in [2.24, 2.45) is 0 Å². The van der Waals surface area contributed by atoms with E-state index in [-0.39, 0.29) is 12.2 Å². The predicted molar refractivity (Wildman–Crippen MR) is 101 cm³/mol. The second-order valence-corrected chi connectivity index (χ2v) is 6.21. The molecule has 0 heterocycles. The molecule has 0 atom stereocenters. The van der Waals surface area contributed by atoms with E-state index in [1.807, 2.05) is 76.2 Å². The minimum Gasteiger partial charge on any atom is -0.491 e. The van der Waals surface area contributed by atoms with Gasteiger partial charge in [0.1, 0.15) is 11.5 Å². The van der Waals surface area contributed by atoms with Crippen LogP contribution in [-0.2, 0) is 0 Å². The van der Waals surface area contributed by atoms with Crippen LogP contribution in [0.25, 0.3) is 0 Å². The molecule has 4 heteroatoms. The molecule has 2 aromatic carbocycles. The first kappa shape index (κ1) is 18.0. The molecule has 2 N–H and O–H groups in total. The summed E-state index contributed by atoms with van der Waals surface area (Å²) in [6, 6.07) is 16.1. The zero-order valence-electron chi connectivity index (χ0n) is 15.0. The van der Waals surface area contributed by atoms with Crippen molar-refractivity contribution in [3.63, 3.8) is 0 Å². The fraction of sp³-hybridized carbons (Fsp3) is 0.400. The molecule has 0 amide bonds. The minimum absolute atomic E-state index is 0.164. The number of rotatable bonds is 9. The van der Waals surface area contributed by atoms with Gasteiger partial charge in [0.05, 0.1) is 17.9 Å². The van der Waals surface area contributed by atoms with E-state index in [1.54, 1.807) is 0 Å². The van der Waals surface area contributed by atoms with Crippen molar-refractivity contribution in [1.29, 1.82) is 0 Å². The summed E-state index contributed by atoms with van der Waals surface area (Å²) < 4.78 is 11.5. The number of hydrogen-bond acceptors (Lipinski definition) is 4. The highest BCUT2D eigenvalue weighted by molar-refractivity contribution is 5.56. The van der Waals surface area contributed by atoms with Crippen LogP contribution in [0.4, 0.5) is 11.4 Å². The summed E-state index contributed by atoms with van der Waals surface area (Å²) in [5, 5.41) is 6.81. The lowest BCUT2D eigenvalue weighted by Gasteiger charge is -2.16. The molecule has 0 bridgehead atoms. The molecule has 2 aromatic rings. The first-order valence-electron chi connectivity index (χ1n) is 8.54. The van der Waals surface area contributed by atoms with Gasteiger partial charge in [0.25, 0.3) is 0 Å². The van der Waals surface area contributed by atoms with Gasteiger partial charge in [-0.15, -0.1) is 0 Å². The lowest BCUT2D eigenvalue weighted by atomic mass is 10.2. The molecule has 0 aliphatic carbocycles. The first-order valence-corrected chi connectivity index (χ1v) is 8.54. The Morgan fingerprint density at radius 1 is 0.750 bits per heavy atom. The maximum atomic E-state index is 5.81. The Morgan fingerprint density at radius 2 is 1.38 bits per heavy atom. The Kier molecular flexibility index (Phi) is 6.79. The van der Waals surface area contributed by atoms with Crippen molar-refractivity contribution >= 4 is 11.4 Å². The van der Waals surface area contributed by atoms with Gasteiger partial charge in [-0.3, -0.25) is 0 Å². The smallest absolute Gasteiger partial charge is 0.142 e. The van der Waals surface area contributed by atoms with E-state index in [0.29, 0.717) is 0 Å². The van der Waals surface area contributed by atoms with Gasteiger partial charge in [0.2, 0.25) is 0 Å². The Hall–Kier alpha value is -2.36. The fourth-order valence-corrected chi connectivity index (χ4v) is 2.30. The van der Waals surface area contributed by atoms with Crippen molar-refractivity contribution < 1.29 is 9.47 Å². The van der Waals surface area contributed by atoms with Gasteiger partial charge < -0.3 is 20.1 Å². The second-order valence-electron chi connectivity index (χ2n) is 6.21. The number of anilines is 2. The van der Waals surface area contributed by atoms with E-state index in [4.69, 9.17) is 9.47 Å². The molecule has 2 rings (SSSR count). The van der Waals surface area contributed by atoms with Gasteiger partial charge in [-0.1, -0.05) is 12.1 Å². The molecule has 130 valence electrons. The van der Waals surface area contributed by atoms with Crippen LogP contribution in [0.15, 0.2) is 48.5 Å². The molecule has 4 nitrogen and oxygen atoms in total. The summed E-state index contributed by atoms with van der Waals surface area (Å²) in [4.78, 5) is 0. The van der Waals surface area contributed by atoms with E-state index >= 15 is 0 Å². The van der Waals surface area contributed by atoms with Crippen molar-refractivity contribution in [3.8, 4) is 11.5 Å². The van der Waals surface area contributed by atoms with Gasteiger partial charge in [-0.25, -0.2) is 0 Å². The molecular formula is C20H28N2O2. The van der Waals surface area contributed by atoms with Gasteiger partial charge in [-0.2, -0.15) is 0 Å². The van der Waals surface area contributed by atoms with Crippen LogP contribution in [0.5, 0.6) is 11.5 Å². The monoisotopic (exact) mass is 328 g/mol. The molecule has 0 radical (unpaired) electrons. The Balaban J connectivity index is 1.79. The third kappa shape index (κ3) is 6.03. The highest BCUT2D eigenvalue weighted by Crippen LogP contribution is 2.24. The molecule has 0 aromatic heterocycles. The fourth-order valence-electron chi connectivity index (χ4n) is 2.30. The van der Waals surface area contributed by atoms with E-state index in [9.17, 15) is 0 Å². The lowest BCUT2D eigenvalue weighted by molar-refractivity contribution is 0.242. The van der Waals surface area contributed by atoms with Crippen LogP contribution in [0.2, 0.25) is 0 Å². The molecule has 0 unspecified atom stereocenters. The van der Waals surface area contributed by atoms with Crippen molar-refractivity contribution in [3.05, 3.63) is 48.5 Å². The Labute approximate surface area is 145 Å². The number of benzene rings is 2. The van der Waals surface area contributed by atoms with Crippen LogP contribution in [-0.4, -0.2) is 25.3 Å². The normalized spacial score (nSPS) is 10.8. The highest BCUT2D eigenvalue weighted by Gasteiger charge is 2.04. The summed E-state index contributed by atoms with van der Waals surface area (Å²) in [7, 11) is 0. The SMILES string of the molecule is CC(C)Oc1ccc(NCCNc2ccccc2OC(C)C)cc1. The minimum atomic E-state index is 0.164. The number of para-hydroxylation sites is 2. The van der Waals surface area contributed by atoms with Gasteiger partial charge in [-0.05, 0) is 64.1 Å². The number of nitrogens with one attached hydrogen (secondary N) is 2. The van der Waals surface area contributed by atoms with Gasteiger partial charge >= 0.3 is 0 Å². The Bertz CT molecular complexity index is 609. The third-order valence-corrected chi connectivity index (χ3v) is 3.25. The van der Waals surface area contributed by atoms with Crippen LogP contribution < -0.4 is 20.1 Å². The average Bonchev–Trinajstić information content (AvgIpc) is 2.53. The molecule has 0 aliphatic rings. The van der Waals surface area contributed by atoms with E-state index in [2.05, 4.69) is 10.6 Å². The molecule has 24 heavy (non-hydrogen) atoms. The average molecular weight is 328 g/mol. The summed E-state index contributed by atoms with van der Waals surface area (Å²) in [5.74, 6) is 1.79. The third-order valence-electron chi connectivity index (χ3n) is 3.25. The molecular weight excluding hydrogens is 300 g/mol. The van der Waals surface area contributed by atoms with Gasteiger partial charge in [0, 0.05) is 18.8 Å². The summed E-state index contributed by atoms with van der Waals surface area (Å²) in [5.41, 5.74) is 2.10. The topological polar surface area (TPSA) is 42.5 Å². The molecule has 0 saturated heterocycles. The largest absolute Gasteiger partial charge is 0.491 e. The first-order chi connectivity index (χ1) is 11.5. The summed E-state index contributed by atoms with van der Waals surface area (Å²) in [6.45, 7) is 9.75. The van der Waals surface area contributed by atoms with Crippen LogP contribution in [0.3, 0.4) is 0 Å². The van der Waals surface area contributed by atoms with Crippen molar-refractivity contribution in [1.82, 2.24) is 0 Å². The van der Waals surface area contributed by atoms with E-state index < -0.39 is 0 Å². The van der Waals surface area contributed by atoms with Crippen LogP contribution in [0, 0.1) is 0 Å². The van der Waals surface area contributed by atoms with E-state index in [1.165, 1.54) is 0 Å². The molecule has 0 saturated carbocycles. The molecule has 0 aliphatic heterocycles. The lowest BCUT2D eigenvalue weighted by Crippen LogP contribution is -2.15. The summed E-state index contributed by atoms with van der Waals surface area (Å²) in [6.07, 6.45) is 0.360. The van der Waals surface area contributed by atoms with Crippen LogP contribution in [0.1, 0.15) is 27.7 Å². The number of hydrogen-bond donors (Lipinski definition) is 2. The quantitative estimate of drug-likeness (QED) is 0.650. The van der Waals surface area contributed by atoms with Crippen molar-refractivity contribution in [2.75, 3.05) is 23.7 Å². The Morgan fingerprint density at radius 3 is 2.04 bits per heavy atom. The zero-order chi connectivity index (χ0) is 17.4. The zero-order valence-corrected chi connectivity index (χ0v) is 15.0. The van der Waals surface area contributed by atoms with Crippen LogP contribution >= 0.6 is 0 Å². The van der Waals surface area contributed by atoms with Gasteiger partial charge in [0.15, 0.2) is 0 Å². The van der Waals surface area contributed by atoms with E-state index in [0.717, 1.165) is 36.0 Å². The van der Waals surface area contributed by atoms with Crippen molar-refractivity contribution in [2.45, 2.75) is 39.9 Å².